The van der Waals surface area contributed by atoms with Crippen molar-refractivity contribution in [2.75, 3.05) is 6.26 Å². The minimum absolute atomic E-state index is 0.0866. The van der Waals surface area contributed by atoms with E-state index in [2.05, 4.69) is 0 Å². The van der Waals surface area contributed by atoms with Gasteiger partial charge in [0.2, 0.25) is 5.91 Å². The maximum absolute atomic E-state index is 14.4. The molecule has 2 aromatic carbocycles. The Labute approximate surface area is 193 Å². The number of sulfone groups is 1. The zero-order chi connectivity index (χ0) is 23.4. The van der Waals surface area contributed by atoms with Gasteiger partial charge < -0.3 is 9.90 Å². The molecule has 10 heteroatoms. The largest absolute Gasteiger partial charge is 0.550 e. The predicted octanol–water partition coefficient (Wildman–Crippen LogP) is 3.89. The van der Waals surface area contributed by atoms with Crippen LogP contribution in [0.2, 0.25) is 5.02 Å². The quantitative estimate of drug-likeness (QED) is 0.515. The molecule has 32 heavy (non-hydrogen) atoms. The summed E-state index contributed by atoms with van der Waals surface area (Å²) in [7, 11) is -3.87. The molecule has 2 heterocycles. The van der Waals surface area contributed by atoms with Gasteiger partial charge in [0.1, 0.15) is 5.82 Å². The van der Waals surface area contributed by atoms with Crippen molar-refractivity contribution in [3.63, 3.8) is 0 Å². The van der Waals surface area contributed by atoms with Crippen molar-refractivity contribution in [2.45, 2.75) is 40.4 Å². The third-order valence-corrected chi connectivity index (χ3v) is 8.14. The number of hydrogen-bond acceptors (Lipinski definition) is 6. The molecule has 0 bridgehead atoms. The van der Waals surface area contributed by atoms with Crippen LogP contribution in [0.4, 0.5) is 4.39 Å². The second kappa shape index (κ2) is 8.20. The number of carbonyl (C=O) groups is 2. The minimum Gasteiger partial charge on any atom is -0.550 e. The molecule has 4 rings (SSSR count). The van der Waals surface area contributed by atoms with Gasteiger partial charge in [-0.2, -0.15) is 0 Å². The molecular formula is C22H18ClFNO5S2-. The van der Waals surface area contributed by atoms with Crippen molar-refractivity contribution in [2.24, 2.45) is 5.92 Å². The molecule has 3 aromatic rings. The van der Waals surface area contributed by atoms with Crippen LogP contribution in [0, 0.1) is 11.7 Å². The summed E-state index contributed by atoms with van der Waals surface area (Å²) >= 11 is 7.16. The van der Waals surface area contributed by atoms with Crippen molar-refractivity contribution in [1.29, 1.82) is 0 Å². The monoisotopic (exact) mass is 494 g/mol. The summed E-state index contributed by atoms with van der Waals surface area (Å²) in [5, 5.41) is 12.5. The van der Waals surface area contributed by atoms with Crippen LogP contribution in [0.1, 0.15) is 36.2 Å². The highest BCUT2D eigenvalue weighted by atomic mass is 35.5. The van der Waals surface area contributed by atoms with Gasteiger partial charge in [-0.25, -0.2) is 12.8 Å². The van der Waals surface area contributed by atoms with Crippen LogP contribution in [0.15, 0.2) is 51.1 Å². The second-order valence-corrected chi connectivity index (χ2v) is 11.2. The van der Waals surface area contributed by atoms with E-state index in [0.29, 0.717) is 20.5 Å². The molecule has 0 amide bonds. The first-order chi connectivity index (χ1) is 15.0. The number of hydrogen-bond donors (Lipinski definition) is 0. The van der Waals surface area contributed by atoms with Gasteiger partial charge in [0.15, 0.2) is 9.84 Å². The fourth-order valence-electron chi connectivity index (χ4n) is 4.28. The van der Waals surface area contributed by atoms with E-state index in [4.69, 9.17) is 11.6 Å². The van der Waals surface area contributed by atoms with Crippen LogP contribution in [0.3, 0.4) is 0 Å². The molecule has 6 nitrogen and oxygen atoms in total. The van der Waals surface area contributed by atoms with Crippen molar-refractivity contribution in [1.82, 2.24) is 4.57 Å². The molecule has 1 aliphatic rings. The normalized spacial score (nSPS) is 17.0. The van der Waals surface area contributed by atoms with E-state index in [1.54, 1.807) is 31.2 Å². The Hall–Kier alpha value is -2.36. The van der Waals surface area contributed by atoms with Gasteiger partial charge in [0.25, 0.3) is 0 Å². The fraction of sp³-hybridized carbons (Fsp3) is 0.273. The Morgan fingerprint density at radius 3 is 2.53 bits per heavy atom. The van der Waals surface area contributed by atoms with E-state index in [0.717, 1.165) is 18.4 Å². The Morgan fingerprint density at radius 2 is 1.97 bits per heavy atom. The molecule has 1 aromatic heterocycles. The lowest BCUT2D eigenvalue weighted by molar-refractivity contribution is -0.312. The van der Waals surface area contributed by atoms with Crippen LogP contribution in [-0.4, -0.2) is 31.1 Å². The standard InChI is InChI=1S/C22H19ClFNO5S2/c1-3-14(22(27)28)15-10-18(26)25-16-8-12(24)9-17(32(2,29)30)19(16)21(20(15)25)31-13-6-4-11(23)5-7-13/h4-9,14-15H,3,10H2,1-2H3,(H,27,28)/p-1. The van der Waals surface area contributed by atoms with Crippen LogP contribution >= 0.6 is 23.4 Å². The molecule has 1 aliphatic heterocycles. The molecule has 2 unspecified atom stereocenters. The second-order valence-electron chi connectivity index (χ2n) is 7.71. The summed E-state index contributed by atoms with van der Waals surface area (Å²) in [6, 6.07) is 8.83. The van der Waals surface area contributed by atoms with Gasteiger partial charge >= 0.3 is 0 Å². The zero-order valence-corrected chi connectivity index (χ0v) is 19.5. The lowest BCUT2D eigenvalue weighted by atomic mass is 9.86. The van der Waals surface area contributed by atoms with E-state index in [1.165, 1.54) is 16.3 Å². The number of carboxylic acid groups (broad SMARTS) is 1. The van der Waals surface area contributed by atoms with Crippen molar-refractivity contribution in [3.8, 4) is 0 Å². The average Bonchev–Trinajstić information content (AvgIpc) is 3.19. The molecular weight excluding hydrogens is 477 g/mol. The number of fused-ring (bicyclic) bond motifs is 3. The average molecular weight is 495 g/mol. The predicted molar refractivity (Wildman–Crippen MR) is 117 cm³/mol. The summed E-state index contributed by atoms with van der Waals surface area (Å²) in [5.41, 5.74) is 0.481. The number of aliphatic carboxylic acids is 1. The number of aromatic nitrogens is 1. The first-order valence-electron chi connectivity index (χ1n) is 9.78. The lowest BCUT2D eigenvalue weighted by Gasteiger charge is -2.23. The van der Waals surface area contributed by atoms with E-state index < -0.39 is 39.4 Å². The number of nitrogens with zero attached hydrogens (tertiary/aromatic N) is 1. The molecule has 2 atom stereocenters. The van der Waals surface area contributed by atoms with Crippen LogP contribution in [-0.2, 0) is 14.6 Å². The SMILES string of the molecule is CCC(C(=O)[O-])C1CC(=O)n2c1c(Sc1ccc(Cl)cc1)c1c(S(C)(=O)=O)cc(F)cc12. The first kappa shape index (κ1) is 22.8. The molecule has 0 aliphatic carbocycles. The van der Waals surface area contributed by atoms with Crippen LogP contribution in [0.25, 0.3) is 10.9 Å². The maximum atomic E-state index is 14.4. The van der Waals surface area contributed by atoms with Crippen molar-refractivity contribution >= 4 is 56.0 Å². The van der Waals surface area contributed by atoms with Gasteiger partial charge in [-0.1, -0.05) is 30.3 Å². The van der Waals surface area contributed by atoms with Crippen LogP contribution in [0.5, 0.6) is 0 Å². The zero-order valence-electron chi connectivity index (χ0n) is 17.1. The number of halogens is 2. The Morgan fingerprint density at radius 1 is 1.31 bits per heavy atom. The van der Waals surface area contributed by atoms with Gasteiger partial charge in [-0.05, 0) is 42.8 Å². The van der Waals surface area contributed by atoms with E-state index in [1.807, 2.05) is 0 Å². The highest BCUT2D eigenvalue weighted by Crippen LogP contribution is 2.50. The number of carboxylic acids is 1. The highest BCUT2D eigenvalue weighted by Gasteiger charge is 2.40. The summed E-state index contributed by atoms with van der Waals surface area (Å²) in [6.45, 7) is 1.68. The first-order valence-corrected chi connectivity index (χ1v) is 12.9. The lowest BCUT2D eigenvalue weighted by Crippen LogP contribution is -2.34. The molecule has 0 saturated heterocycles. The molecule has 0 saturated carbocycles. The maximum Gasteiger partial charge on any atom is 0.232 e. The van der Waals surface area contributed by atoms with Crippen molar-refractivity contribution < 1.29 is 27.5 Å². The fourth-order valence-corrected chi connectivity index (χ4v) is 6.54. The topological polar surface area (TPSA) is 96.3 Å². The summed E-state index contributed by atoms with van der Waals surface area (Å²) < 4.78 is 40.8. The number of rotatable bonds is 6. The van der Waals surface area contributed by atoms with Gasteiger partial charge in [0.05, 0.1) is 10.4 Å². The molecule has 0 N–H and O–H groups in total. The number of carbonyl (C=O) groups excluding carboxylic acids is 2. The Balaban J connectivity index is 2.09. The van der Waals surface area contributed by atoms with E-state index in [-0.39, 0.29) is 28.6 Å². The summed E-state index contributed by atoms with van der Waals surface area (Å²) in [6.07, 6.45) is 1.10. The van der Waals surface area contributed by atoms with Gasteiger partial charge in [-0.3, -0.25) is 9.36 Å². The van der Waals surface area contributed by atoms with E-state index in [9.17, 15) is 27.5 Å². The summed E-state index contributed by atoms with van der Waals surface area (Å²) in [4.78, 5) is 25.7. The Kier molecular flexibility index (Phi) is 5.85. The highest BCUT2D eigenvalue weighted by molar-refractivity contribution is 7.99. The van der Waals surface area contributed by atoms with Crippen LogP contribution < -0.4 is 5.11 Å². The number of benzene rings is 2. The molecule has 0 fully saturated rings. The Bertz CT molecular complexity index is 1370. The van der Waals surface area contributed by atoms with Crippen molar-refractivity contribution in [3.05, 3.63) is 52.9 Å². The van der Waals surface area contributed by atoms with Gasteiger partial charge in [0, 0.05) is 56.4 Å². The molecule has 0 spiro atoms. The third kappa shape index (κ3) is 3.82. The smallest absolute Gasteiger partial charge is 0.232 e. The molecule has 0 radical (unpaired) electrons. The minimum atomic E-state index is -3.87. The summed E-state index contributed by atoms with van der Waals surface area (Å²) in [5.74, 6) is -4.19. The van der Waals surface area contributed by atoms with Gasteiger partial charge in [-0.15, -0.1) is 0 Å². The van der Waals surface area contributed by atoms with E-state index >= 15 is 0 Å². The third-order valence-electron chi connectivity index (χ3n) is 5.64. The molecule has 168 valence electrons.